The van der Waals surface area contributed by atoms with Crippen molar-refractivity contribution < 1.29 is 19.4 Å². The Balaban J connectivity index is 2.11. The fourth-order valence-electron chi connectivity index (χ4n) is 4.27. The summed E-state index contributed by atoms with van der Waals surface area (Å²) in [6.07, 6.45) is 0. The molecule has 0 saturated carbocycles. The normalized spacial score (nSPS) is 13.0. The number of carbonyl (C=O) groups is 1. The highest BCUT2D eigenvalue weighted by molar-refractivity contribution is 6.12. The summed E-state index contributed by atoms with van der Waals surface area (Å²) in [5.41, 5.74) is -2.44. The van der Waals surface area contributed by atoms with Crippen LogP contribution < -0.4 is 31.8 Å². The van der Waals surface area contributed by atoms with Crippen LogP contribution in [0.1, 0.15) is 15.9 Å². The molecule has 9 nitrogen and oxygen atoms in total. The molecular formula is C22H13NO8. The highest BCUT2D eigenvalue weighted by atomic mass is 16.5. The molecule has 154 valence electrons. The fraction of sp³-hybridized carbons (Fsp3) is 0.136. The Hall–Kier alpha value is -4.27. The first-order chi connectivity index (χ1) is 14.8. The molecule has 1 aliphatic heterocycles. The summed E-state index contributed by atoms with van der Waals surface area (Å²) in [5.74, 6) is -1.35. The van der Waals surface area contributed by atoms with Gasteiger partial charge in [0.25, 0.3) is 0 Å². The first-order valence-corrected chi connectivity index (χ1v) is 9.19. The molecule has 0 spiro atoms. The SMILES string of the molecule is CNc1cc(=O)c2c(O)c3c(=O)c4c5c(c(OC)cc4c(=O)c3cc2c1=O)C(=O)OC5. The summed E-state index contributed by atoms with van der Waals surface area (Å²) < 4.78 is 10.2. The van der Waals surface area contributed by atoms with E-state index in [9.17, 15) is 29.1 Å². The molecule has 0 unspecified atom stereocenters. The monoisotopic (exact) mass is 419 g/mol. The first kappa shape index (κ1) is 18.7. The Bertz CT molecular complexity index is 1710. The van der Waals surface area contributed by atoms with Crippen molar-refractivity contribution in [1.82, 2.24) is 0 Å². The number of phenols is 1. The van der Waals surface area contributed by atoms with Crippen LogP contribution >= 0.6 is 0 Å². The van der Waals surface area contributed by atoms with Gasteiger partial charge in [0.2, 0.25) is 5.43 Å². The van der Waals surface area contributed by atoms with Crippen molar-refractivity contribution in [2.75, 3.05) is 19.5 Å². The molecule has 0 amide bonds. The zero-order valence-corrected chi connectivity index (χ0v) is 16.2. The number of nitrogens with one attached hydrogen (secondary N) is 1. The van der Waals surface area contributed by atoms with Gasteiger partial charge in [0.1, 0.15) is 23.7 Å². The van der Waals surface area contributed by atoms with E-state index >= 15 is 0 Å². The van der Waals surface area contributed by atoms with Crippen molar-refractivity contribution in [1.29, 1.82) is 0 Å². The smallest absolute Gasteiger partial charge is 0.342 e. The van der Waals surface area contributed by atoms with Crippen molar-refractivity contribution >= 4 is 44.0 Å². The van der Waals surface area contributed by atoms with E-state index in [1.165, 1.54) is 20.2 Å². The van der Waals surface area contributed by atoms with E-state index in [0.29, 0.717) is 0 Å². The minimum absolute atomic E-state index is 0.00184. The van der Waals surface area contributed by atoms with Crippen molar-refractivity contribution in [3.63, 3.8) is 0 Å². The third kappa shape index (κ3) is 2.22. The number of fused-ring (bicyclic) bond motifs is 5. The van der Waals surface area contributed by atoms with Crippen LogP contribution in [0.15, 0.2) is 37.4 Å². The highest BCUT2D eigenvalue weighted by Crippen LogP contribution is 2.36. The highest BCUT2D eigenvalue weighted by Gasteiger charge is 2.31. The van der Waals surface area contributed by atoms with Gasteiger partial charge in [0, 0.05) is 40.2 Å². The van der Waals surface area contributed by atoms with Crippen LogP contribution in [0.25, 0.3) is 32.3 Å². The molecule has 0 aromatic heterocycles. The second-order valence-corrected chi connectivity index (χ2v) is 7.16. The summed E-state index contributed by atoms with van der Waals surface area (Å²) >= 11 is 0. The van der Waals surface area contributed by atoms with Crippen molar-refractivity contribution in [2.24, 2.45) is 0 Å². The molecule has 9 heteroatoms. The number of aromatic hydroxyl groups is 1. The molecule has 4 aromatic carbocycles. The van der Waals surface area contributed by atoms with E-state index in [4.69, 9.17) is 9.47 Å². The Morgan fingerprint density at radius 3 is 2.26 bits per heavy atom. The summed E-state index contributed by atoms with van der Waals surface area (Å²) in [6.45, 7) is -0.237. The largest absolute Gasteiger partial charge is 0.506 e. The summed E-state index contributed by atoms with van der Waals surface area (Å²) in [7, 11) is 2.77. The maximum Gasteiger partial charge on any atom is 0.342 e. The maximum atomic E-state index is 13.4. The van der Waals surface area contributed by atoms with Gasteiger partial charge in [-0.25, -0.2) is 4.79 Å². The lowest BCUT2D eigenvalue weighted by atomic mass is 9.93. The topological polar surface area (TPSA) is 136 Å². The van der Waals surface area contributed by atoms with Crippen LogP contribution in [0.3, 0.4) is 0 Å². The molecule has 31 heavy (non-hydrogen) atoms. The second kappa shape index (κ2) is 6.11. The number of phenolic OH excluding ortho intramolecular Hbond substituents is 1. The van der Waals surface area contributed by atoms with Gasteiger partial charge < -0.3 is 19.9 Å². The van der Waals surface area contributed by atoms with Gasteiger partial charge in [-0.05, 0) is 12.1 Å². The number of hydrogen-bond donors (Lipinski definition) is 2. The minimum Gasteiger partial charge on any atom is -0.506 e. The number of rotatable bonds is 2. The molecule has 5 rings (SSSR count). The number of hydrogen-bond acceptors (Lipinski definition) is 9. The lowest BCUT2D eigenvalue weighted by Crippen LogP contribution is -2.19. The number of esters is 1. The summed E-state index contributed by atoms with van der Waals surface area (Å²) in [6, 6.07) is 3.45. The molecule has 0 saturated heterocycles. The number of anilines is 1. The van der Waals surface area contributed by atoms with Crippen molar-refractivity contribution in [3.05, 3.63) is 70.2 Å². The summed E-state index contributed by atoms with van der Waals surface area (Å²) in [4.78, 5) is 64.1. The van der Waals surface area contributed by atoms with Crippen LogP contribution in [-0.2, 0) is 11.3 Å². The van der Waals surface area contributed by atoms with Gasteiger partial charge in [-0.1, -0.05) is 0 Å². The molecule has 0 fully saturated rings. The van der Waals surface area contributed by atoms with E-state index in [2.05, 4.69) is 5.32 Å². The number of ether oxygens (including phenoxy) is 2. The van der Waals surface area contributed by atoms with E-state index in [1.54, 1.807) is 0 Å². The molecule has 2 N–H and O–H groups in total. The lowest BCUT2D eigenvalue weighted by Gasteiger charge is -2.10. The predicted octanol–water partition coefficient (Wildman–Crippen LogP) is 0.889. The average molecular weight is 419 g/mol. The van der Waals surface area contributed by atoms with E-state index in [-0.39, 0.29) is 61.5 Å². The molecule has 0 atom stereocenters. The van der Waals surface area contributed by atoms with E-state index in [1.807, 2.05) is 0 Å². The van der Waals surface area contributed by atoms with Crippen molar-refractivity contribution in [2.45, 2.75) is 6.61 Å². The number of carbonyl (C=O) groups excluding carboxylic acids is 1. The summed E-state index contributed by atoms with van der Waals surface area (Å²) in [5, 5.41) is 12.2. The van der Waals surface area contributed by atoms with Crippen LogP contribution in [0, 0.1) is 0 Å². The number of benzene rings is 4. The zero-order valence-electron chi connectivity index (χ0n) is 16.2. The quantitative estimate of drug-likeness (QED) is 0.358. The van der Waals surface area contributed by atoms with Crippen LogP contribution in [0.2, 0.25) is 0 Å². The third-order valence-electron chi connectivity index (χ3n) is 5.69. The lowest BCUT2D eigenvalue weighted by molar-refractivity contribution is 0.0533. The molecule has 0 bridgehead atoms. The van der Waals surface area contributed by atoms with Crippen LogP contribution in [0.4, 0.5) is 5.69 Å². The molecule has 4 aromatic rings. The van der Waals surface area contributed by atoms with Gasteiger partial charge in [-0.3, -0.25) is 19.2 Å². The van der Waals surface area contributed by atoms with Crippen molar-refractivity contribution in [3.8, 4) is 11.5 Å². The van der Waals surface area contributed by atoms with E-state index in [0.717, 1.165) is 12.1 Å². The Kier molecular flexibility index (Phi) is 3.70. The van der Waals surface area contributed by atoms with Crippen LogP contribution in [-0.4, -0.2) is 25.2 Å². The molecule has 0 aliphatic carbocycles. The number of methoxy groups -OCH3 is 1. The Morgan fingerprint density at radius 1 is 0.903 bits per heavy atom. The average Bonchev–Trinajstić information content (AvgIpc) is 3.14. The van der Waals surface area contributed by atoms with Gasteiger partial charge in [0.15, 0.2) is 16.3 Å². The number of cyclic esters (lactones) is 1. The Morgan fingerprint density at radius 2 is 1.58 bits per heavy atom. The predicted molar refractivity (Wildman–Crippen MR) is 113 cm³/mol. The minimum atomic E-state index is -0.745. The standard InChI is InChI=1S/C22H13NO8/c1-23-11-5-12(24)15-7(19(11)26)3-8-17(21(15)28)20(27)14-9(18(8)25)4-13(30-2)16-10(14)6-31-22(16)29/h3-5,23,28H,6H2,1-2H3. The van der Waals surface area contributed by atoms with Crippen LogP contribution in [0.5, 0.6) is 11.5 Å². The molecule has 1 aliphatic rings. The fourth-order valence-corrected chi connectivity index (χ4v) is 4.27. The van der Waals surface area contributed by atoms with Gasteiger partial charge in [-0.15, -0.1) is 0 Å². The Labute approximate surface area is 171 Å². The first-order valence-electron chi connectivity index (χ1n) is 9.19. The van der Waals surface area contributed by atoms with Gasteiger partial charge >= 0.3 is 5.97 Å². The second-order valence-electron chi connectivity index (χ2n) is 7.16. The van der Waals surface area contributed by atoms with Gasteiger partial charge in [-0.2, -0.15) is 0 Å². The van der Waals surface area contributed by atoms with E-state index < -0.39 is 33.4 Å². The maximum absolute atomic E-state index is 13.4. The molecule has 0 radical (unpaired) electrons. The zero-order chi connectivity index (χ0) is 22.2. The molecule has 1 heterocycles. The molecular weight excluding hydrogens is 406 g/mol. The van der Waals surface area contributed by atoms with Gasteiger partial charge in [0.05, 0.1) is 23.6 Å². The third-order valence-corrected chi connectivity index (χ3v) is 5.69.